The Hall–Kier alpha value is -1.45. The van der Waals surface area contributed by atoms with Gasteiger partial charge in [-0.25, -0.2) is 4.79 Å². The summed E-state index contributed by atoms with van der Waals surface area (Å²) in [6.07, 6.45) is -15.6. The van der Waals surface area contributed by atoms with E-state index in [0.29, 0.717) is 6.07 Å². The lowest BCUT2D eigenvalue weighted by atomic mass is 10.2. The molecule has 0 saturated carbocycles. The number of hydrogen-bond donors (Lipinski definition) is 1. The number of carboxylic acid groups (broad SMARTS) is 1. The van der Waals surface area contributed by atoms with Crippen molar-refractivity contribution in [2.45, 2.75) is 18.5 Å². The van der Waals surface area contributed by atoms with E-state index in [1.807, 2.05) is 0 Å². The van der Waals surface area contributed by atoms with Gasteiger partial charge in [0.15, 0.2) is 0 Å². The zero-order valence-electron chi connectivity index (χ0n) is 9.22. The number of benzene rings is 1. The van der Waals surface area contributed by atoms with Crippen LogP contribution in [0, 0.1) is 0 Å². The molecule has 0 aliphatic heterocycles. The van der Waals surface area contributed by atoms with E-state index in [-0.39, 0.29) is 4.47 Å². The van der Waals surface area contributed by atoms with Gasteiger partial charge in [0, 0.05) is 4.47 Å². The molecular formula is C10H5BrF6O3. The first-order chi connectivity index (χ1) is 8.94. The van der Waals surface area contributed by atoms with Crippen molar-refractivity contribution in [3.8, 4) is 5.75 Å². The first-order valence-electron chi connectivity index (χ1n) is 4.76. The molecule has 3 nitrogen and oxygen atoms in total. The molecule has 0 radical (unpaired) electrons. The number of halogens is 7. The Morgan fingerprint density at radius 1 is 1.15 bits per heavy atom. The molecule has 1 aromatic carbocycles. The maximum absolute atomic E-state index is 12.3. The highest BCUT2D eigenvalue weighted by atomic mass is 79.9. The summed E-state index contributed by atoms with van der Waals surface area (Å²) >= 11 is 2.72. The third-order valence-corrected chi connectivity index (χ3v) is 2.69. The van der Waals surface area contributed by atoms with Gasteiger partial charge in [0.05, 0.1) is 0 Å². The van der Waals surface area contributed by atoms with Crippen LogP contribution in [0.5, 0.6) is 5.75 Å². The maximum Gasteiger partial charge on any atom is 0.434 e. The average Bonchev–Trinajstić information content (AvgIpc) is 2.22. The van der Waals surface area contributed by atoms with Crippen molar-refractivity contribution in [3.05, 3.63) is 28.2 Å². The monoisotopic (exact) mass is 366 g/mol. The van der Waals surface area contributed by atoms with E-state index in [0.717, 1.165) is 12.1 Å². The van der Waals surface area contributed by atoms with Crippen molar-refractivity contribution in [2.75, 3.05) is 0 Å². The van der Waals surface area contributed by atoms with E-state index in [4.69, 9.17) is 5.11 Å². The molecule has 0 atom stereocenters. The average molecular weight is 367 g/mol. The predicted molar refractivity (Wildman–Crippen MR) is 57.6 cm³/mol. The van der Waals surface area contributed by atoms with Crippen LogP contribution in [-0.2, 0) is 0 Å². The second-order valence-electron chi connectivity index (χ2n) is 3.50. The molecule has 1 N–H and O–H groups in total. The topological polar surface area (TPSA) is 46.5 Å². The fourth-order valence-electron chi connectivity index (χ4n) is 1.26. The van der Waals surface area contributed by atoms with E-state index >= 15 is 0 Å². The van der Waals surface area contributed by atoms with Gasteiger partial charge in [0.1, 0.15) is 11.3 Å². The highest BCUT2D eigenvalue weighted by Crippen LogP contribution is 2.38. The summed E-state index contributed by atoms with van der Waals surface area (Å²) in [6, 6.07) is 2.90. The lowest BCUT2D eigenvalue weighted by molar-refractivity contribution is -0.300. The van der Waals surface area contributed by atoms with E-state index in [1.54, 1.807) is 0 Å². The highest BCUT2D eigenvalue weighted by molar-refractivity contribution is 9.10. The van der Waals surface area contributed by atoms with Crippen LogP contribution >= 0.6 is 15.9 Å². The molecule has 20 heavy (non-hydrogen) atoms. The van der Waals surface area contributed by atoms with Gasteiger partial charge in [-0.3, -0.25) is 0 Å². The molecule has 0 aromatic heterocycles. The second kappa shape index (κ2) is 5.51. The third-order valence-electron chi connectivity index (χ3n) is 2.03. The molecule has 0 aliphatic carbocycles. The van der Waals surface area contributed by atoms with E-state index in [9.17, 15) is 31.1 Å². The lowest BCUT2D eigenvalue weighted by Gasteiger charge is -2.24. The Kier molecular flexibility index (Phi) is 4.57. The minimum absolute atomic E-state index is 0.203. The quantitative estimate of drug-likeness (QED) is 0.822. The summed E-state index contributed by atoms with van der Waals surface area (Å²) in [7, 11) is 0. The number of aromatic carboxylic acids is 1. The van der Waals surface area contributed by atoms with Gasteiger partial charge in [-0.15, -0.1) is 0 Å². The van der Waals surface area contributed by atoms with Crippen LogP contribution in [0.3, 0.4) is 0 Å². The van der Waals surface area contributed by atoms with E-state index < -0.39 is 35.7 Å². The van der Waals surface area contributed by atoms with Crippen LogP contribution in [0.25, 0.3) is 0 Å². The van der Waals surface area contributed by atoms with Crippen molar-refractivity contribution in [1.29, 1.82) is 0 Å². The zero-order chi connectivity index (χ0) is 15.7. The van der Waals surface area contributed by atoms with Crippen LogP contribution in [0.4, 0.5) is 26.3 Å². The van der Waals surface area contributed by atoms with Gasteiger partial charge < -0.3 is 9.84 Å². The smallest absolute Gasteiger partial charge is 0.434 e. The summed E-state index contributed by atoms with van der Waals surface area (Å²) in [4.78, 5) is 10.9. The van der Waals surface area contributed by atoms with Gasteiger partial charge in [0.2, 0.25) is 0 Å². The van der Waals surface area contributed by atoms with Crippen LogP contribution in [0.15, 0.2) is 22.7 Å². The van der Waals surface area contributed by atoms with Gasteiger partial charge in [-0.1, -0.05) is 6.07 Å². The van der Waals surface area contributed by atoms with E-state index in [1.165, 1.54) is 0 Å². The molecule has 10 heteroatoms. The SMILES string of the molecule is O=C(O)c1c(Br)cccc1OC(C(F)(F)F)C(F)(F)F. The lowest BCUT2D eigenvalue weighted by Crippen LogP contribution is -2.46. The standard InChI is InChI=1S/C10H5BrF6O3/c11-4-2-1-3-5(6(4)7(18)19)20-8(9(12,13)14)10(15,16)17/h1-3,8H,(H,18,19). The zero-order valence-corrected chi connectivity index (χ0v) is 10.8. The number of carbonyl (C=O) groups is 1. The summed E-state index contributed by atoms with van der Waals surface area (Å²) in [5.41, 5.74) is -0.828. The second-order valence-corrected chi connectivity index (χ2v) is 4.35. The number of carboxylic acids is 1. The minimum atomic E-state index is -5.73. The van der Waals surface area contributed by atoms with Crippen molar-refractivity contribution in [1.82, 2.24) is 0 Å². The predicted octanol–water partition coefficient (Wildman–Crippen LogP) is 4.02. The van der Waals surface area contributed by atoms with Gasteiger partial charge in [0.25, 0.3) is 6.10 Å². The van der Waals surface area contributed by atoms with Crippen molar-refractivity contribution in [2.24, 2.45) is 0 Å². The van der Waals surface area contributed by atoms with Crippen LogP contribution in [0.2, 0.25) is 0 Å². The molecule has 0 heterocycles. The van der Waals surface area contributed by atoms with Gasteiger partial charge >= 0.3 is 18.3 Å². The fourth-order valence-corrected chi connectivity index (χ4v) is 1.77. The Morgan fingerprint density at radius 3 is 2.05 bits per heavy atom. The van der Waals surface area contributed by atoms with Gasteiger partial charge in [-0.2, -0.15) is 26.3 Å². The number of hydrogen-bond acceptors (Lipinski definition) is 2. The third kappa shape index (κ3) is 3.78. The Balaban J connectivity index is 3.26. The number of rotatable bonds is 3. The largest absolute Gasteiger partial charge is 0.478 e. The molecule has 1 rings (SSSR count). The summed E-state index contributed by atoms with van der Waals surface area (Å²) in [5.74, 6) is -2.76. The summed E-state index contributed by atoms with van der Waals surface area (Å²) in [5, 5.41) is 8.79. The number of ether oxygens (including phenoxy) is 1. The van der Waals surface area contributed by atoms with Crippen LogP contribution in [-0.4, -0.2) is 29.5 Å². The Bertz CT molecular complexity index is 497. The molecule has 0 saturated heterocycles. The molecule has 0 unspecified atom stereocenters. The van der Waals surface area contributed by atoms with E-state index in [2.05, 4.69) is 20.7 Å². The molecule has 0 aliphatic rings. The first-order valence-corrected chi connectivity index (χ1v) is 5.55. The van der Waals surface area contributed by atoms with Crippen LogP contribution < -0.4 is 4.74 Å². The first kappa shape index (κ1) is 16.6. The molecule has 1 aromatic rings. The van der Waals surface area contributed by atoms with Gasteiger partial charge in [-0.05, 0) is 28.1 Å². The van der Waals surface area contributed by atoms with Crippen LogP contribution in [0.1, 0.15) is 10.4 Å². The maximum atomic E-state index is 12.3. The Morgan fingerprint density at radius 2 is 1.65 bits per heavy atom. The summed E-state index contributed by atoms with van der Waals surface area (Å²) in [6.45, 7) is 0. The molecule has 112 valence electrons. The molecular weight excluding hydrogens is 362 g/mol. The number of alkyl halides is 6. The molecule has 0 fully saturated rings. The molecule has 0 spiro atoms. The highest BCUT2D eigenvalue weighted by Gasteiger charge is 2.59. The Labute approximate surface area is 116 Å². The van der Waals surface area contributed by atoms with Crippen molar-refractivity contribution >= 4 is 21.9 Å². The van der Waals surface area contributed by atoms with Crippen molar-refractivity contribution < 1.29 is 41.0 Å². The minimum Gasteiger partial charge on any atom is -0.478 e. The van der Waals surface area contributed by atoms with Crippen molar-refractivity contribution in [3.63, 3.8) is 0 Å². The normalized spacial score (nSPS) is 12.6. The summed E-state index contributed by atoms with van der Waals surface area (Å²) < 4.78 is 77.6. The molecule has 0 amide bonds. The molecule has 0 bridgehead atoms. The fraction of sp³-hybridized carbons (Fsp3) is 0.300.